The summed E-state index contributed by atoms with van der Waals surface area (Å²) in [7, 11) is 0. The van der Waals surface area contributed by atoms with Gasteiger partial charge in [-0.25, -0.2) is 9.37 Å². The number of rotatable bonds is 4. The molecule has 2 rings (SSSR count). The molecule has 0 fully saturated rings. The quantitative estimate of drug-likeness (QED) is 0.883. The van der Waals surface area contributed by atoms with Crippen molar-refractivity contribution < 1.29 is 9.18 Å². The van der Waals surface area contributed by atoms with Gasteiger partial charge in [0, 0.05) is 18.5 Å². The van der Waals surface area contributed by atoms with E-state index in [0.29, 0.717) is 22.8 Å². The molecule has 0 unspecified atom stereocenters. The van der Waals surface area contributed by atoms with E-state index >= 15 is 0 Å². The number of benzene rings is 1. The molecule has 18 heavy (non-hydrogen) atoms. The molecular formula is C12H12FN3OS. The van der Waals surface area contributed by atoms with E-state index in [1.807, 2.05) is 0 Å². The number of nitrogens with one attached hydrogen (secondary N) is 1. The van der Waals surface area contributed by atoms with E-state index in [1.54, 1.807) is 17.5 Å². The average molecular weight is 265 g/mol. The monoisotopic (exact) mass is 265 g/mol. The van der Waals surface area contributed by atoms with Crippen molar-refractivity contribution in [3.63, 3.8) is 0 Å². The van der Waals surface area contributed by atoms with Gasteiger partial charge in [0.25, 0.3) is 5.91 Å². The van der Waals surface area contributed by atoms with Crippen LogP contribution < -0.4 is 11.1 Å². The van der Waals surface area contributed by atoms with Gasteiger partial charge in [0.1, 0.15) is 16.5 Å². The maximum atomic E-state index is 12.9. The van der Waals surface area contributed by atoms with E-state index in [9.17, 15) is 9.18 Å². The first-order valence-corrected chi connectivity index (χ1v) is 6.24. The average Bonchev–Trinajstić information content (AvgIpc) is 2.85. The molecule has 0 bridgehead atoms. The number of amides is 1. The van der Waals surface area contributed by atoms with E-state index in [4.69, 9.17) is 5.73 Å². The fourth-order valence-electron chi connectivity index (χ4n) is 1.43. The van der Waals surface area contributed by atoms with Crippen LogP contribution in [0.3, 0.4) is 0 Å². The maximum absolute atomic E-state index is 12.9. The Labute approximate surface area is 108 Å². The first-order chi connectivity index (χ1) is 8.69. The Morgan fingerprint density at radius 2 is 2.33 bits per heavy atom. The number of nitrogens with zero attached hydrogens (tertiary/aromatic N) is 1. The van der Waals surface area contributed by atoms with Gasteiger partial charge >= 0.3 is 0 Å². The number of nitrogens with two attached hydrogens (primary N) is 1. The first-order valence-electron chi connectivity index (χ1n) is 5.36. The molecule has 94 valence electrons. The maximum Gasteiger partial charge on any atom is 0.271 e. The van der Waals surface area contributed by atoms with Gasteiger partial charge in [-0.2, -0.15) is 0 Å². The van der Waals surface area contributed by atoms with Crippen molar-refractivity contribution in [3.8, 4) is 0 Å². The SMILES string of the molecule is NCc1nc(C(=O)NCc2cccc(F)c2)cs1. The molecule has 1 aromatic carbocycles. The van der Waals surface area contributed by atoms with Crippen LogP contribution in [0, 0.1) is 5.82 Å². The van der Waals surface area contributed by atoms with Gasteiger partial charge in [-0.1, -0.05) is 12.1 Å². The molecular weight excluding hydrogens is 253 g/mol. The van der Waals surface area contributed by atoms with E-state index < -0.39 is 0 Å². The number of carbonyl (C=O) groups is 1. The molecule has 3 N–H and O–H groups in total. The Kier molecular flexibility index (Phi) is 4.01. The minimum absolute atomic E-state index is 0.270. The second-order valence-electron chi connectivity index (χ2n) is 3.64. The molecule has 6 heteroatoms. The lowest BCUT2D eigenvalue weighted by Gasteiger charge is -2.03. The molecule has 0 aliphatic rings. The van der Waals surface area contributed by atoms with Gasteiger partial charge in [-0.15, -0.1) is 11.3 Å². The van der Waals surface area contributed by atoms with Gasteiger partial charge in [-0.3, -0.25) is 4.79 Å². The zero-order chi connectivity index (χ0) is 13.0. The minimum atomic E-state index is -0.319. The zero-order valence-corrected chi connectivity index (χ0v) is 10.3. The van der Waals surface area contributed by atoms with Gasteiger partial charge in [0.2, 0.25) is 0 Å². The van der Waals surface area contributed by atoms with Crippen molar-refractivity contribution >= 4 is 17.2 Å². The number of aromatic nitrogens is 1. The van der Waals surface area contributed by atoms with Crippen LogP contribution in [0.1, 0.15) is 21.1 Å². The van der Waals surface area contributed by atoms with Crippen LogP contribution in [-0.4, -0.2) is 10.9 Å². The molecule has 0 aliphatic heterocycles. The lowest BCUT2D eigenvalue weighted by Crippen LogP contribution is -2.23. The molecule has 0 saturated heterocycles. The third kappa shape index (κ3) is 3.12. The molecule has 0 aliphatic carbocycles. The van der Waals surface area contributed by atoms with E-state index in [0.717, 1.165) is 0 Å². The van der Waals surface area contributed by atoms with Gasteiger partial charge in [0.15, 0.2) is 0 Å². The smallest absolute Gasteiger partial charge is 0.271 e. The topological polar surface area (TPSA) is 68.0 Å². The molecule has 1 heterocycles. The van der Waals surface area contributed by atoms with Crippen LogP contribution in [0.15, 0.2) is 29.6 Å². The summed E-state index contributed by atoms with van der Waals surface area (Å²) in [6.07, 6.45) is 0. The lowest BCUT2D eigenvalue weighted by molar-refractivity contribution is 0.0946. The first kappa shape index (κ1) is 12.7. The summed E-state index contributed by atoms with van der Waals surface area (Å²) in [6, 6.07) is 6.09. The molecule has 1 amide bonds. The summed E-state index contributed by atoms with van der Waals surface area (Å²) in [4.78, 5) is 15.8. The van der Waals surface area contributed by atoms with Gasteiger partial charge < -0.3 is 11.1 Å². The highest BCUT2D eigenvalue weighted by molar-refractivity contribution is 7.09. The number of halogens is 1. The summed E-state index contributed by atoms with van der Waals surface area (Å²) in [5, 5.41) is 5.05. The number of hydrogen-bond acceptors (Lipinski definition) is 4. The van der Waals surface area contributed by atoms with E-state index in [1.165, 1.54) is 23.5 Å². The van der Waals surface area contributed by atoms with Crippen LogP contribution in [0.5, 0.6) is 0 Å². The van der Waals surface area contributed by atoms with Crippen LogP contribution >= 0.6 is 11.3 Å². The van der Waals surface area contributed by atoms with Crippen LogP contribution in [0.4, 0.5) is 4.39 Å². The Bertz CT molecular complexity index is 556. The van der Waals surface area contributed by atoms with Crippen LogP contribution in [0.25, 0.3) is 0 Å². The number of hydrogen-bond donors (Lipinski definition) is 2. The highest BCUT2D eigenvalue weighted by Crippen LogP contribution is 2.09. The van der Waals surface area contributed by atoms with E-state index in [2.05, 4.69) is 10.3 Å². The Morgan fingerprint density at radius 1 is 1.50 bits per heavy atom. The standard InChI is InChI=1S/C12H12FN3OS/c13-9-3-1-2-8(4-9)6-15-12(17)10-7-18-11(5-14)16-10/h1-4,7H,5-6,14H2,(H,15,17). The predicted octanol–water partition coefficient (Wildman–Crippen LogP) is 1.67. The second kappa shape index (κ2) is 5.70. The van der Waals surface area contributed by atoms with Crippen molar-refractivity contribution in [1.82, 2.24) is 10.3 Å². The third-order valence-electron chi connectivity index (χ3n) is 2.30. The highest BCUT2D eigenvalue weighted by atomic mass is 32.1. The van der Waals surface area contributed by atoms with Crippen molar-refractivity contribution in [3.05, 3.63) is 51.7 Å². The van der Waals surface area contributed by atoms with Gasteiger partial charge in [0.05, 0.1) is 0 Å². The minimum Gasteiger partial charge on any atom is -0.347 e. The van der Waals surface area contributed by atoms with Crippen LogP contribution in [0.2, 0.25) is 0 Å². The molecule has 0 radical (unpaired) electrons. The summed E-state index contributed by atoms with van der Waals surface area (Å²) in [6.45, 7) is 0.591. The largest absolute Gasteiger partial charge is 0.347 e. The molecule has 4 nitrogen and oxygen atoms in total. The van der Waals surface area contributed by atoms with Crippen LogP contribution in [-0.2, 0) is 13.1 Å². The fourth-order valence-corrected chi connectivity index (χ4v) is 2.08. The van der Waals surface area contributed by atoms with Crippen molar-refractivity contribution in [2.24, 2.45) is 5.73 Å². The molecule has 0 atom stereocenters. The van der Waals surface area contributed by atoms with Crippen molar-refractivity contribution in [2.75, 3.05) is 0 Å². The predicted molar refractivity (Wildman–Crippen MR) is 67.6 cm³/mol. The molecule has 0 spiro atoms. The lowest BCUT2D eigenvalue weighted by atomic mass is 10.2. The van der Waals surface area contributed by atoms with Crippen molar-refractivity contribution in [2.45, 2.75) is 13.1 Å². The fraction of sp³-hybridized carbons (Fsp3) is 0.167. The molecule has 0 saturated carbocycles. The Balaban J connectivity index is 1.96. The Morgan fingerprint density at radius 3 is 3.00 bits per heavy atom. The number of carbonyl (C=O) groups excluding carboxylic acids is 1. The van der Waals surface area contributed by atoms with Crippen molar-refractivity contribution in [1.29, 1.82) is 0 Å². The summed E-state index contributed by atoms with van der Waals surface area (Å²) < 4.78 is 12.9. The second-order valence-corrected chi connectivity index (χ2v) is 4.59. The summed E-state index contributed by atoms with van der Waals surface area (Å²) >= 11 is 1.35. The third-order valence-corrected chi connectivity index (χ3v) is 3.17. The van der Waals surface area contributed by atoms with E-state index in [-0.39, 0.29) is 18.3 Å². The zero-order valence-electron chi connectivity index (χ0n) is 9.52. The Hall–Kier alpha value is -1.79. The van der Waals surface area contributed by atoms with Gasteiger partial charge in [-0.05, 0) is 17.7 Å². The molecule has 2 aromatic rings. The summed E-state index contributed by atoms with van der Waals surface area (Å²) in [5.41, 5.74) is 6.47. The normalized spacial score (nSPS) is 10.3. The highest BCUT2D eigenvalue weighted by Gasteiger charge is 2.09. The molecule has 1 aromatic heterocycles. The number of thiazole rings is 1. The summed E-state index contributed by atoms with van der Waals surface area (Å²) in [5.74, 6) is -0.601.